The maximum Gasteiger partial charge on any atom is 0.228 e. The summed E-state index contributed by atoms with van der Waals surface area (Å²) in [7, 11) is 3.26. The summed E-state index contributed by atoms with van der Waals surface area (Å²) in [6.07, 6.45) is 1.20. The molecule has 0 bridgehead atoms. The number of aliphatic hydroxyl groups is 1. The lowest BCUT2D eigenvalue weighted by Gasteiger charge is -2.37. The molecule has 0 unspecified atom stereocenters. The Bertz CT molecular complexity index is 1730. The van der Waals surface area contributed by atoms with Crippen LogP contribution in [0.1, 0.15) is 43.2 Å². The zero-order chi connectivity index (χ0) is 32.3. The Kier molecular flexibility index (Phi) is 8.98. The van der Waals surface area contributed by atoms with Crippen LogP contribution in [0.3, 0.4) is 0 Å². The molecule has 1 aliphatic heterocycles. The lowest BCUT2D eigenvalue weighted by molar-refractivity contribution is -0.118. The van der Waals surface area contributed by atoms with Crippen molar-refractivity contribution in [1.82, 2.24) is 19.5 Å². The summed E-state index contributed by atoms with van der Waals surface area (Å²) in [5, 5.41) is 14.1. The maximum atomic E-state index is 12.3. The van der Waals surface area contributed by atoms with E-state index in [0.717, 1.165) is 28.2 Å². The molecule has 1 amide bonds. The van der Waals surface area contributed by atoms with E-state index < -0.39 is 24.0 Å². The van der Waals surface area contributed by atoms with Crippen LogP contribution < -0.4 is 14.8 Å². The third-order valence-electron chi connectivity index (χ3n) is 8.28. The molecule has 3 heterocycles. The Morgan fingerprint density at radius 1 is 0.935 bits per heavy atom. The number of ether oxygens (including phenoxy) is 4. The van der Waals surface area contributed by atoms with Crippen LogP contribution in [0.25, 0.3) is 11.2 Å². The molecule has 11 heteroatoms. The minimum Gasteiger partial charge on any atom is -0.497 e. The molecular formula is C35H37N5O6. The summed E-state index contributed by atoms with van der Waals surface area (Å²) < 4.78 is 26.0. The van der Waals surface area contributed by atoms with Crippen LogP contribution in [0.4, 0.5) is 5.82 Å². The molecule has 46 heavy (non-hydrogen) atoms. The summed E-state index contributed by atoms with van der Waals surface area (Å²) in [5.41, 5.74) is 2.53. The average Bonchev–Trinajstić information content (AvgIpc) is 3.69. The molecule has 5 aromatic rings. The van der Waals surface area contributed by atoms with E-state index in [4.69, 9.17) is 18.9 Å². The van der Waals surface area contributed by atoms with Crippen molar-refractivity contribution in [3.05, 3.63) is 108 Å². The van der Waals surface area contributed by atoms with Gasteiger partial charge in [-0.05, 0) is 41.0 Å². The van der Waals surface area contributed by atoms with Crippen molar-refractivity contribution in [3.63, 3.8) is 0 Å². The number of anilines is 1. The monoisotopic (exact) mass is 623 g/mol. The maximum absolute atomic E-state index is 12.3. The van der Waals surface area contributed by atoms with E-state index in [1.165, 1.54) is 6.33 Å². The highest BCUT2D eigenvalue weighted by atomic mass is 16.6. The first-order chi connectivity index (χ1) is 22.3. The number of nitrogens with one attached hydrogen (secondary N) is 1. The molecule has 0 saturated carbocycles. The van der Waals surface area contributed by atoms with Gasteiger partial charge in [0, 0.05) is 12.3 Å². The number of nitrogens with zero attached hydrogens (tertiary/aromatic N) is 4. The van der Waals surface area contributed by atoms with Crippen molar-refractivity contribution < 1.29 is 28.8 Å². The SMILES string of the molecule is COc1ccc(C(OC[C@H]2O[C@@H](n3cnc4c(NC(=O)C(C)C)ncnc43)C[C@@H]2O)(c2ccccc2)c2ccc(OC)cc2)cc1. The molecule has 6 rings (SSSR count). The van der Waals surface area contributed by atoms with Crippen LogP contribution in [0.15, 0.2) is 91.5 Å². The fourth-order valence-corrected chi connectivity index (χ4v) is 5.73. The number of hydrogen-bond donors (Lipinski definition) is 2. The summed E-state index contributed by atoms with van der Waals surface area (Å²) in [5.74, 6) is 1.38. The van der Waals surface area contributed by atoms with E-state index in [1.807, 2.05) is 78.9 Å². The molecular weight excluding hydrogens is 586 g/mol. The number of methoxy groups -OCH3 is 2. The van der Waals surface area contributed by atoms with Gasteiger partial charge in [0.1, 0.15) is 35.8 Å². The van der Waals surface area contributed by atoms with Crippen LogP contribution in [-0.4, -0.2) is 63.6 Å². The van der Waals surface area contributed by atoms with Gasteiger partial charge in [0.2, 0.25) is 5.91 Å². The number of carbonyl (C=O) groups is 1. The van der Waals surface area contributed by atoms with Gasteiger partial charge < -0.3 is 29.4 Å². The first kappa shape index (κ1) is 31.2. The van der Waals surface area contributed by atoms with Gasteiger partial charge in [-0.15, -0.1) is 0 Å². The summed E-state index contributed by atoms with van der Waals surface area (Å²) >= 11 is 0. The van der Waals surface area contributed by atoms with Crippen molar-refractivity contribution in [2.75, 3.05) is 26.1 Å². The van der Waals surface area contributed by atoms with Crippen molar-refractivity contribution in [1.29, 1.82) is 0 Å². The zero-order valence-corrected chi connectivity index (χ0v) is 26.2. The van der Waals surface area contributed by atoms with Crippen molar-refractivity contribution >= 4 is 22.9 Å². The molecule has 1 saturated heterocycles. The van der Waals surface area contributed by atoms with Crippen molar-refractivity contribution in [3.8, 4) is 11.5 Å². The standard InChI is InChI=1S/C35H37N5O6/c1-22(2)34(42)39-32-31-33(37-20-36-32)40(21-38-31)30-18-28(41)29(46-30)19-45-35(23-8-6-5-7-9-23,24-10-14-26(43-3)15-11-24)25-12-16-27(44-4)17-13-25/h5-17,20-22,28-30,41H,18-19H2,1-4H3,(H,36,37,39,42)/t28-,29+,30+/m0/s1. The fraction of sp³-hybridized carbons (Fsp3) is 0.314. The van der Waals surface area contributed by atoms with Crippen LogP contribution in [0, 0.1) is 5.92 Å². The van der Waals surface area contributed by atoms with Gasteiger partial charge in [0.15, 0.2) is 17.0 Å². The second-order valence-corrected chi connectivity index (χ2v) is 11.4. The van der Waals surface area contributed by atoms with E-state index in [9.17, 15) is 9.90 Å². The highest BCUT2D eigenvalue weighted by molar-refractivity contribution is 5.97. The summed E-state index contributed by atoms with van der Waals surface area (Å²) in [6.45, 7) is 3.68. The predicted molar refractivity (Wildman–Crippen MR) is 172 cm³/mol. The van der Waals surface area contributed by atoms with Crippen LogP contribution in [-0.2, 0) is 19.9 Å². The van der Waals surface area contributed by atoms with Gasteiger partial charge in [0.05, 0.1) is 33.3 Å². The highest BCUT2D eigenvalue weighted by Crippen LogP contribution is 2.43. The summed E-state index contributed by atoms with van der Waals surface area (Å²) in [4.78, 5) is 25.4. The molecule has 0 aliphatic carbocycles. The van der Waals surface area contributed by atoms with Crippen LogP contribution >= 0.6 is 0 Å². The minimum absolute atomic E-state index is 0.0714. The summed E-state index contributed by atoms with van der Waals surface area (Å²) in [6, 6.07) is 25.5. The Balaban J connectivity index is 1.32. The largest absolute Gasteiger partial charge is 0.497 e. The van der Waals surface area contributed by atoms with Crippen molar-refractivity contribution in [2.45, 2.75) is 44.3 Å². The Labute approximate surface area is 267 Å². The quantitative estimate of drug-likeness (QED) is 0.193. The second kappa shape index (κ2) is 13.3. The van der Waals surface area contributed by atoms with E-state index >= 15 is 0 Å². The van der Waals surface area contributed by atoms with Gasteiger partial charge in [-0.2, -0.15) is 0 Å². The smallest absolute Gasteiger partial charge is 0.228 e. The van der Waals surface area contributed by atoms with E-state index in [0.29, 0.717) is 23.4 Å². The lowest BCUT2D eigenvalue weighted by Crippen LogP contribution is -2.38. The van der Waals surface area contributed by atoms with Gasteiger partial charge in [-0.3, -0.25) is 9.36 Å². The Morgan fingerprint density at radius 2 is 1.54 bits per heavy atom. The molecule has 3 atom stereocenters. The van der Waals surface area contributed by atoms with E-state index in [2.05, 4.69) is 20.3 Å². The zero-order valence-electron chi connectivity index (χ0n) is 26.2. The molecule has 1 aliphatic rings. The van der Waals surface area contributed by atoms with E-state index in [-0.39, 0.29) is 18.4 Å². The molecule has 0 spiro atoms. The third kappa shape index (κ3) is 5.92. The molecule has 238 valence electrons. The van der Waals surface area contributed by atoms with Gasteiger partial charge >= 0.3 is 0 Å². The lowest BCUT2D eigenvalue weighted by atomic mass is 9.80. The number of benzene rings is 3. The van der Waals surface area contributed by atoms with Gasteiger partial charge in [-0.25, -0.2) is 15.0 Å². The first-order valence-corrected chi connectivity index (χ1v) is 15.1. The highest BCUT2D eigenvalue weighted by Gasteiger charge is 2.42. The number of fused-ring (bicyclic) bond motifs is 1. The molecule has 2 aromatic heterocycles. The van der Waals surface area contributed by atoms with Crippen LogP contribution in [0.5, 0.6) is 11.5 Å². The molecule has 0 radical (unpaired) electrons. The molecule has 1 fully saturated rings. The number of carbonyl (C=O) groups excluding carboxylic acids is 1. The Morgan fingerprint density at radius 3 is 2.13 bits per heavy atom. The van der Waals surface area contributed by atoms with Crippen molar-refractivity contribution in [2.24, 2.45) is 5.92 Å². The second-order valence-electron chi connectivity index (χ2n) is 11.4. The number of imidazole rings is 1. The number of rotatable bonds is 11. The number of aromatic nitrogens is 4. The fourth-order valence-electron chi connectivity index (χ4n) is 5.73. The number of aliphatic hydroxyl groups excluding tert-OH is 1. The number of hydrogen-bond acceptors (Lipinski definition) is 9. The van der Waals surface area contributed by atoms with Gasteiger partial charge in [-0.1, -0.05) is 68.4 Å². The molecule has 3 aromatic carbocycles. The third-order valence-corrected chi connectivity index (χ3v) is 8.28. The van der Waals surface area contributed by atoms with Crippen LogP contribution in [0.2, 0.25) is 0 Å². The predicted octanol–water partition coefficient (Wildman–Crippen LogP) is 5.10. The topological polar surface area (TPSA) is 130 Å². The average molecular weight is 624 g/mol. The number of amides is 1. The Hall–Kier alpha value is -4.84. The first-order valence-electron chi connectivity index (χ1n) is 15.1. The molecule has 11 nitrogen and oxygen atoms in total. The minimum atomic E-state index is -1.06. The normalized spacial score (nSPS) is 18.2. The molecule has 2 N–H and O–H groups in total. The van der Waals surface area contributed by atoms with E-state index in [1.54, 1.807) is 39.0 Å². The van der Waals surface area contributed by atoms with Gasteiger partial charge in [0.25, 0.3) is 0 Å².